The van der Waals surface area contributed by atoms with Gasteiger partial charge in [0.05, 0.1) is 9.79 Å². The number of nitrogens with zero attached hydrogens (tertiary/aromatic N) is 1. The molecule has 1 aliphatic heterocycles. The summed E-state index contributed by atoms with van der Waals surface area (Å²) >= 11 is 0. The van der Waals surface area contributed by atoms with Crippen LogP contribution in [0.2, 0.25) is 0 Å². The van der Waals surface area contributed by atoms with E-state index in [2.05, 4.69) is 12.1 Å². The van der Waals surface area contributed by atoms with E-state index >= 15 is 0 Å². The van der Waals surface area contributed by atoms with Gasteiger partial charge in [0.1, 0.15) is 6.29 Å². The fourth-order valence-corrected chi connectivity index (χ4v) is 7.22. The van der Waals surface area contributed by atoms with Gasteiger partial charge in [-0.15, -0.1) is 0 Å². The monoisotopic (exact) mass is 461 g/mol. The van der Waals surface area contributed by atoms with E-state index in [0.717, 1.165) is 19.0 Å². The van der Waals surface area contributed by atoms with Gasteiger partial charge in [-0.25, -0.2) is 16.8 Å². The number of sulfonamides is 1. The van der Waals surface area contributed by atoms with Gasteiger partial charge in [-0.1, -0.05) is 31.2 Å². The topological polar surface area (TPSA) is 88.6 Å². The minimum atomic E-state index is -3.70. The predicted octanol–water partition coefficient (Wildman–Crippen LogP) is 3.13. The molecule has 1 spiro atoms. The van der Waals surface area contributed by atoms with Crippen LogP contribution in [0, 0.1) is 5.92 Å². The summed E-state index contributed by atoms with van der Waals surface area (Å²) in [6.45, 7) is 2.74. The minimum absolute atomic E-state index is 0.0735. The Labute approximate surface area is 184 Å². The van der Waals surface area contributed by atoms with Crippen LogP contribution in [0.3, 0.4) is 0 Å². The van der Waals surface area contributed by atoms with Crippen LogP contribution in [0.15, 0.2) is 58.3 Å². The number of fused-ring (bicyclic) bond motifs is 2. The molecule has 0 radical (unpaired) electrons. The molecule has 31 heavy (non-hydrogen) atoms. The predicted molar refractivity (Wildman–Crippen MR) is 118 cm³/mol. The molecule has 0 N–H and O–H groups in total. The van der Waals surface area contributed by atoms with Crippen LogP contribution in [-0.4, -0.2) is 46.8 Å². The Morgan fingerprint density at radius 3 is 2.13 bits per heavy atom. The van der Waals surface area contributed by atoms with Gasteiger partial charge in [0.15, 0.2) is 9.84 Å². The van der Waals surface area contributed by atoms with E-state index in [4.69, 9.17) is 0 Å². The summed E-state index contributed by atoms with van der Waals surface area (Å²) in [4.78, 5) is 11.7. The summed E-state index contributed by atoms with van der Waals surface area (Å²) in [6, 6.07) is 13.6. The Kier molecular flexibility index (Phi) is 5.60. The largest absolute Gasteiger partial charge is 0.303 e. The Morgan fingerprint density at radius 2 is 1.55 bits per heavy atom. The lowest BCUT2D eigenvalue weighted by atomic mass is 9.73. The lowest BCUT2D eigenvalue weighted by Crippen LogP contribution is -2.44. The molecule has 0 amide bonds. The molecular weight excluding hydrogens is 434 g/mol. The number of sulfone groups is 1. The molecule has 2 aliphatic rings. The first kappa shape index (κ1) is 22.2. The molecule has 1 saturated heterocycles. The van der Waals surface area contributed by atoms with Crippen LogP contribution in [0.25, 0.3) is 0 Å². The van der Waals surface area contributed by atoms with Crippen molar-refractivity contribution in [2.24, 2.45) is 5.92 Å². The zero-order chi connectivity index (χ0) is 22.4. The van der Waals surface area contributed by atoms with Crippen molar-refractivity contribution in [2.45, 2.75) is 47.3 Å². The van der Waals surface area contributed by atoms with Crippen LogP contribution >= 0.6 is 0 Å². The highest BCUT2D eigenvalue weighted by Crippen LogP contribution is 2.53. The molecule has 0 saturated carbocycles. The molecule has 6 nitrogen and oxygen atoms in total. The quantitative estimate of drug-likeness (QED) is 0.639. The number of carbonyl (C=O) groups is 1. The molecule has 8 heteroatoms. The summed E-state index contributed by atoms with van der Waals surface area (Å²) in [5.74, 6) is 0.0936. The van der Waals surface area contributed by atoms with Crippen molar-refractivity contribution in [3.63, 3.8) is 0 Å². The highest BCUT2D eigenvalue weighted by Gasteiger charge is 2.47. The zero-order valence-electron chi connectivity index (χ0n) is 17.7. The third-order valence-electron chi connectivity index (χ3n) is 6.96. The number of rotatable bonds is 5. The number of hydrogen-bond acceptors (Lipinski definition) is 5. The first-order chi connectivity index (χ1) is 14.6. The van der Waals surface area contributed by atoms with E-state index < -0.39 is 19.9 Å². The number of aldehydes is 1. The summed E-state index contributed by atoms with van der Waals surface area (Å²) in [5, 5.41) is 0. The smallest absolute Gasteiger partial charge is 0.243 e. The Hall–Kier alpha value is -2.03. The summed E-state index contributed by atoms with van der Waals surface area (Å²) in [7, 11) is -7.08. The molecule has 2 unspecified atom stereocenters. The molecule has 1 heterocycles. The number of hydrogen-bond donors (Lipinski definition) is 0. The SMILES string of the molecule is CC(C=O)C1CC2(CCN(S(=O)(=O)c3ccc(S(C)(=O)=O)cc3)CC2)c2ccccc21. The average molecular weight is 462 g/mol. The van der Waals surface area contributed by atoms with Crippen molar-refractivity contribution in [3.05, 3.63) is 59.7 Å². The van der Waals surface area contributed by atoms with Crippen molar-refractivity contribution >= 4 is 26.1 Å². The highest BCUT2D eigenvalue weighted by molar-refractivity contribution is 7.90. The van der Waals surface area contributed by atoms with E-state index in [1.54, 1.807) is 0 Å². The minimum Gasteiger partial charge on any atom is -0.303 e. The van der Waals surface area contributed by atoms with E-state index in [9.17, 15) is 21.6 Å². The Morgan fingerprint density at radius 1 is 0.968 bits per heavy atom. The molecule has 0 bridgehead atoms. The maximum Gasteiger partial charge on any atom is 0.243 e. The third kappa shape index (κ3) is 3.85. The molecule has 1 fully saturated rings. The fraction of sp³-hybridized carbons (Fsp3) is 0.435. The lowest BCUT2D eigenvalue weighted by molar-refractivity contribution is -0.111. The number of benzene rings is 2. The number of carbonyl (C=O) groups excluding carboxylic acids is 1. The maximum atomic E-state index is 13.1. The highest BCUT2D eigenvalue weighted by atomic mass is 32.2. The Bertz CT molecular complexity index is 1190. The second-order valence-electron chi connectivity index (χ2n) is 8.82. The number of piperidine rings is 1. The molecule has 1 aliphatic carbocycles. The van der Waals surface area contributed by atoms with Gasteiger partial charge < -0.3 is 4.79 Å². The lowest BCUT2D eigenvalue weighted by Gasteiger charge is -2.40. The summed E-state index contributed by atoms with van der Waals surface area (Å²) in [5.41, 5.74) is 2.36. The van der Waals surface area contributed by atoms with Gasteiger partial charge in [-0.05, 0) is 66.0 Å². The van der Waals surface area contributed by atoms with Crippen molar-refractivity contribution < 1.29 is 21.6 Å². The summed E-state index contributed by atoms with van der Waals surface area (Å²) < 4.78 is 51.1. The third-order valence-corrected chi connectivity index (χ3v) is 10.0. The molecule has 0 aromatic heterocycles. The van der Waals surface area contributed by atoms with E-state index in [0.29, 0.717) is 25.9 Å². The van der Waals surface area contributed by atoms with Crippen LogP contribution in [0.1, 0.15) is 43.2 Å². The van der Waals surface area contributed by atoms with Crippen molar-refractivity contribution in [3.8, 4) is 0 Å². The van der Waals surface area contributed by atoms with Crippen LogP contribution in [-0.2, 0) is 30.1 Å². The zero-order valence-corrected chi connectivity index (χ0v) is 19.3. The molecule has 2 aromatic carbocycles. The van der Waals surface area contributed by atoms with Gasteiger partial charge in [0.25, 0.3) is 0 Å². The van der Waals surface area contributed by atoms with Crippen LogP contribution < -0.4 is 0 Å². The Balaban J connectivity index is 1.56. The molecular formula is C23H27NO5S2. The second kappa shape index (κ2) is 7.83. The van der Waals surface area contributed by atoms with Gasteiger partial charge in [-0.2, -0.15) is 4.31 Å². The standard InChI is InChI=1S/C23H27NO5S2/c1-17(16-25)21-15-23(22-6-4-3-5-20(21)22)11-13-24(14-12-23)31(28,29)19-9-7-18(8-10-19)30(2,26)27/h3-10,16-17,21H,11-15H2,1-2H3. The second-order valence-corrected chi connectivity index (χ2v) is 12.8. The summed E-state index contributed by atoms with van der Waals surface area (Å²) in [6.07, 6.45) is 4.38. The maximum absolute atomic E-state index is 13.1. The molecule has 2 aromatic rings. The van der Waals surface area contributed by atoms with Crippen LogP contribution in [0.4, 0.5) is 0 Å². The van der Waals surface area contributed by atoms with E-state index in [1.807, 2.05) is 19.1 Å². The van der Waals surface area contributed by atoms with Crippen LogP contribution in [0.5, 0.6) is 0 Å². The normalized spacial score (nSPS) is 22.2. The van der Waals surface area contributed by atoms with E-state index in [1.165, 1.54) is 39.7 Å². The molecule has 166 valence electrons. The van der Waals surface area contributed by atoms with Crippen molar-refractivity contribution in [1.82, 2.24) is 4.31 Å². The first-order valence-electron chi connectivity index (χ1n) is 10.4. The van der Waals surface area contributed by atoms with Gasteiger partial charge in [0.2, 0.25) is 10.0 Å². The first-order valence-corrected chi connectivity index (χ1v) is 13.8. The van der Waals surface area contributed by atoms with E-state index in [-0.39, 0.29) is 27.0 Å². The molecule has 2 atom stereocenters. The average Bonchev–Trinajstić information content (AvgIpc) is 3.07. The fourth-order valence-electron chi connectivity index (χ4n) is 5.14. The van der Waals surface area contributed by atoms with Gasteiger partial charge >= 0.3 is 0 Å². The van der Waals surface area contributed by atoms with Crippen molar-refractivity contribution in [1.29, 1.82) is 0 Å². The van der Waals surface area contributed by atoms with Crippen molar-refractivity contribution in [2.75, 3.05) is 19.3 Å². The van der Waals surface area contributed by atoms with Gasteiger partial charge in [0, 0.05) is 25.3 Å². The molecule has 4 rings (SSSR count). The van der Waals surface area contributed by atoms with Gasteiger partial charge in [-0.3, -0.25) is 0 Å².